The van der Waals surface area contributed by atoms with Gasteiger partial charge in [0.15, 0.2) is 0 Å². The lowest BCUT2D eigenvalue weighted by atomic mass is 10.1. The molecule has 1 heterocycles. The highest BCUT2D eigenvalue weighted by atomic mass is 32.2. The lowest BCUT2D eigenvalue weighted by Gasteiger charge is -2.17. The Kier molecular flexibility index (Phi) is 3.88. The van der Waals surface area contributed by atoms with Crippen molar-refractivity contribution < 1.29 is 9.59 Å². The largest absolute Gasteiger partial charge is 0.348 e. The highest BCUT2D eigenvalue weighted by Gasteiger charge is 2.17. The van der Waals surface area contributed by atoms with E-state index in [0.717, 1.165) is 4.90 Å². The van der Waals surface area contributed by atoms with Crippen molar-refractivity contribution >= 4 is 29.3 Å². The average Bonchev–Trinajstić information content (AvgIpc) is 2.37. The second-order valence-electron chi connectivity index (χ2n) is 4.16. The molecule has 1 aromatic rings. The van der Waals surface area contributed by atoms with E-state index in [9.17, 15) is 9.59 Å². The van der Waals surface area contributed by atoms with Crippen LogP contribution in [0.4, 0.5) is 5.69 Å². The molecule has 5 nitrogen and oxygen atoms in total. The minimum atomic E-state index is -0.180. The zero-order chi connectivity index (χ0) is 13.1. The number of benzene rings is 1. The molecular weight excluding hydrogens is 250 g/mol. The Labute approximate surface area is 110 Å². The Balaban J connectivity index is 2.17. The topological polar surface area (TPSA) is 84.2 Å². The highest BCUT2D eigenvalue weighted by molar-refractivity contribution is 8.00. The first-order chi connectivity index (χ1) is 8.60. The predicted molar refractivity (Wildman–Crippen MR) is 71.8 cm³/mol. The number of fused-ring (bicyclic) bond motifs is 1. The number of anilines is 1. The van der Waals surface area contributed by atoms with Crippen molar-refractivity contribution in [3.63, 3.8) is 0 Å². The minimum absolute atomic E-state index is 0.0413. The van der Waals surface area contributed by atoms with Gasteiger partial charge in [-0.2, -0.15) is 0 Å². The summed E-state index contributed by atoms with van der Waals surface area (Å²) in [4.78, 5) is 24.2. The molecule has 96 valence electrons. The van der Waals surface area contributed by atoms with Crippen LogP contribution in [0.2, 0.25) is 0 Å². The fourth-order valence-electron chi connectivity index (χ4n) is 1.59. The first-order valence-electron chi connectivity index (χ1n) is 5.68. The summed E-state index contributed by atoms with van der Waals surface area (Å²) in [6.45, 7) is 2.23. The maximum Gasteiger partial charge on any atom is 0.251 e. The fourth-order valence-corrected chi connectivity index (χ4v) is 2.38. The molecule has 0 aromatic heterocycles. The van der Waals surface area contributed by atoms with Crippen LogP contribution in [0.5, 0.6) is 0 Å². The van der Waals surface area contributed by atoms with Crippen molar-refractivity contribution in [3.05, 3.63) is 23.8 Å². The Bertz CT molecular complexity index is 490. The van der Waals surface area contributed by atoms with Gasteiger partial charge in [0.25, 0.3) is 5.91 Å². The Morgan fingerprint density at radius 3 is 3.11 bits per heavy atom. The standard InChI is InChI=1S/C12H15N3O2S/c1-7(5-13)14-12(17)8-2-3-10-9(4-8)15-11(16)6-18-10/h2-4,7H,5-6,13H2,1H3,(H,14,17)(H,15,16)/t7-/m0/s1. The molecule has 0 unspecified atom stereocenters. The molecule has 1 atom stereocenters. The van der Waals surface area contributed by atoms with Gasteiger partial charge in [-0.25, -0.2) is 0 Å². The summed E-state index contributed by atoms with van der Waals surface area (Å²) >= 11 is 1.47. The summed E-state index contributed by atoms with van der Waals surface area (Å²) in [5.74, 6) is 0.198. The van der Waals surface area contributed by atoms with Gasteiger partial charge in [-0.15, -0.1) is 11.8 Å². The number of amides is 2. The van der Waals surface area contributed by atoms with E-state index < -0.39 is 0 Å². The van der Waals surface area contributed by atoms with E-state index >= 15 is 0 Å². The third kappa shape index (κ3) is 2.83. The first kappa shape index (κ1) is 12.9. The van der Waals surface area contributed by atoms with Crippen LogP contribution in [0.3, 0.4) is 0 Å². The van der Waals surface area contributed by atoms with E-state index in [-0.39, 0.29) is 17.9 Å². The SMILES string of the molecule is C[C@@H](CN)NC(=O)c1ccc2c(c1)NC(=O)CS2. The van der Waals surface area contributed by atoms with Crippen LogP contribution in [-0.2, 0) is 4.79 Å². The summed E-state index contributed by atoms with van der Waals surface area (Å²) in [7, 11) is 0. The molecule has 0 aliphatic carbocycles. The summed E-state index contributed by atoms with van der Waals surface area (Å²) in [5, 5.41) is 5.54. The van der Waals surface area contributed by atoms with Gasteiger partial charge >= 0.3 is 0 Å². The second-order valence-corrected chi connectivity index (χ2v) is 5.18. The fraction of sp³-hybridized carbons (Fsp3) is 0.333. The van der Waals surface area contributed by atoms with Crippen molar-refractivity contribution in [3.8, 4) is 0 Å². The molecule has 4 N–H and O–H groups in total. The molecule has 1 aliphatic rings. The molecule has 0 saturated heterocycles. The van der Waals surface area contributed by atoms with Crippen molar-refractivity contribution in [1.29, 1.82) is 0 Å². The van der Waals surface area contributed by atoms with Crippen molar-refractivity contribution in [2.75, 3.05) is 17.6 Å². The van der Waals surface area contributed by atoms with Gasteiger partial charge in [0, 0.05) is 23.0 Å². The second kappa shape index (κ2) is 5.41. The van der Waals surface area contributed by atoms with Crippen LogP contribution in [-0.4, -0.2) is 30.2 Å². The zero-order valence-electron chi connectivity index (χ0n) is 10.0. The molecule has 6 heteroatoms. The zero-order valence-corrected chi connectivity index (χ0v) is 10.8. The molecule has 1 aliphatic heterocycles. The molecule has 0 fully saturated rings. The number of hydrogen-bond acceptors (Lipinski definition) is 4. The summed E-state index contributed by atoms with van der Waals surface area (Å²) in [6, 6.07) is 5.22. The van der Waals surface area contributed by atoms with Crippen molar-refractivity contribution in [2.24, 2.45) is 5.73 Å². The third-order valence-corrected chi connectivity index (χ3v) is 3.68. The van der Waals surface area contributed by atoms with E-state index in [4.69, 9.17) is 5.73 Å². The summed E-state index contributed by atoms with van der Waals surface area (Å²) < 4.78 is 0. The highest BCUT2D eigenvalue weighted by Crippen LogP contribution is 2.31. The molecule has 1 aromatic carbocycles. The Hall–Kier alpha value is -1.53. The van der Waals surface area contributed by atoms with Crippen molar-refractivity contribution in [1.82, 2.24) is 5.32 Å². The third-order valence-electron chi connectivity index (χ3n) is 2.61. The van der Waals surface area contributed by atoms with Crippen molar-refractivity contribution in [2.45, 2.75) is 17.9 Å². The molecule has 0 bridgehead atoms. The van der Waals surface area contributed by atoms with Crippen LogP contribution in [0.15, 0.2) is 23.1 Å². The van der Waals surface area contributed by atoms with E-state index in [1.165, 1.54) is 11.8 Å². The minimum Gasteiger partial charge on any atom is -0.348 e. The Morgan fingerprint density at radius 2 is 2.39 bits per heavy atom. The van der Waals surface area contributed by atoms with Crippen LogP contribution in [0, 0.1) is 0 Å². The van der Waals surface area contributed by atoms with Crippen LogP contribution in [0.25, 0.3) is 0 Å². The number of carbonyl (C=O) groups is 2. The van der Waals surface area contributed by atoms with Gasteiger partial charge in [-0.05, 0) is 25.1 Å². The van der Waals surface area contributed by atoms with Gasteiger partial charge in [-0.1, -0.05) is 0 Å². The molecular formula is C12H15N3O2S. The van der Waals surface area contributed by atoms with Crippen LogP contribution >= 0.6 is 11.8 Å². The molecule has 0 spiro atoms. The number of thioether (sulfide) groups is 1. The molecule has 2 rings (SSSR count). The number of hydrogen-bond donors (Lipinski definition) is 3. The quantitative estimate of drug-likeness (QED) is 0.755. The number of carbonyl (C=O) groups excluding carboxylic acids is 2. The number of rotatable bonds is 3. The van der Waals surface area contributed by atoms with Gasteiger partial charge in [0.2, 0.25) is 5.91 Å². The average molecular weight is 265 g/mol. The lowest BCUT2D eigenvalue weighted by Crippen LogP contribution is -2.37. The van der Waals surface area contributed by atoms with Gasteiger partial charge in [0.05, 0.1) is 11.4 Å². The number of nitrogens with one attached hydrogen (secondary N) is 2. The van der Waals surface area contributed by atoms with E-state index in [1.54, 1.807) is 12.1 Å². The first-order valence-corrected chi connectivity index (χ1v) is 6.66. The van der Waals surface area contributed by atoms with Gasteiger partial charge < -0.3 is 16.4 Å². The summed E-state index contributed by atoms with van der Waals surface area (Å²) in [6.07, 6.45) is 0. The maximum atomic E-state index is 11.9. The summed E-state index contributed by atoms with van der Waals surface area (Å²) in [5.41, 5.74) is 6.68. The smallest absolute Gasteiger partial charge is 0.251 e. The van der Waals surface area contributed by atoms with Crippen LogP contribution in [0.1, 0.15) is 17.3 Å². The number of nitrogens with two attached hydrogens (primary N) is 1. The normalized spacial score (nSPS) is 15.6. The molecule has 18 heavy (non-hydrogen) atoms. The lowest BCUT2D eigenvalue weighted by molar-refractivity contribution is -0.113. The monoisotopic (exact) mass is 265 g/mol. The van der Waals surface area contributed by atoms with E-state index in [1.807, 2.05) is 13.0 Å². The Morgan fingerprint density at radius 1 is 1.61 bits per heavy atom. The predicted octanol–water partition coefficient (Wildman–Crippen LogP) is 0.808. The van der Waals surface area contributed by atoms with E-state index in [0.29, 0.717) is 23.5 Å². The maximum absolute atomic E-state index is 11.9. The van der Waals surface area contributed by atoms with Crippen LogP contribution < -0.4 is 16.4 Å². The molecule has 0 radical (unpaired) electrons. The van der Waals surface area contributed by atoms with E-state index in [2.05, 4.69) is 10.6 Å². The van der Waals surface area contributed by atoms with Gasteiger partial charge in [-0.3, -0.25) is 9.59 Å². The molecule has 2 amide bonds. The van der Waals surface area contributed by atoms with Gasteiger partial charge in [0.1, 0.15) is 0 Å². The molecule has 0 saturated carbocycles.